The van der Waals surface area contributed by atoms with Crippen LogP contribution in [-0.2, 0) is 0 Å². The molecule has 0 unspecified atom stereocenters. The maximum atomic E-state index is 3.42. The summed E-state index contributed by atoms with van der Waals surface area (Å²) >= 11 is 0. The largest absolute Gasteiger partial charge is 0.137 e. The highest BCUT2D eigenvalue weighted by atomic mass is 15.5. The summed E-state index contributed by atoms with van der Waals surface area (Å²) in [6, 6.07) is 0. The molecule has 2 aliphatic heterocycles. The van der Waals surface area contributed by atoms with Gasteiger partial charge in [-0.15, -0.1) is 20.4 Å². The Balaban J connectivity index is 0.000000160. The lowest BCUT2D eigenvalue weighted by Crippen LogP contribution is -1.62. The van der Waals surface area contributed by atoms with E-state index in [1.54, 1.807) is 12.2 Å². The Kier molecular flexibility index (Phi) is 6.21. The topological polar surface area (TPSA) is 124 Å². The first-order valence-corrected chi connectivity index (χ1v) is 3.97. The fraction of sp³-hybridized carbons (Fsp3) is 0. The maximum Gasteiger partial charge on any atom is 0.0530 e. The lowest BCUT2D eigenvalue weighted by Gasteiger charge is -1.74. The van der Waals surface area contributed by atoms with E-state index >= 15 is 0 Å². The minimum absolute atomic E-state index is 1.47. The van der Waals surface area contributed by atoms with E-state index in [-0.39, 0.29) is 0 Å². The molecule has 0 aliphatic carbocycles. The van der Waals surface area contributed by atoms with Crippen LogP contribution >= 0.6 is 0 Å². The number of hydrogen-bond donors (Lipinski definition) is 0. The SMILES string of the molecule is C1=CN=NN=NN=C1.C1=CN=NN=NN=C1. The van der Waals surface area contributed by atoms with E-state index < -0.39 is 0 Å². The number of hydrogen-bond acceptors (Lipinski definition) is 10. The lowest BCUT2D eigenvalue weighted by atomic mass is 10.7. The average Bonchev–Trinajstić information content (AvgIpc) is 2.15. The fourth-order valence-electron chi connectivity index (χ4n) is 0.478. The van der Waals surface area contributed by atoms with Gasteiger partial charge in [-0.25, -0.2) is 0 Å². The molecule has 2 rings (SSSR count). The van der Waals surface area contributed by atoms with Gasteiger partial charge in [-0.1, -0.05) is 0 Å². The predicted octanol–water partition coefficient (Wildman–Crippen LogP) is 2.64. The Morgan fingerprint density at radius 3 is 1.50 bits per heavy atom. The third-order valence-corrected chi connectivity index (χ3v) is 0.977. The summed E-state index contributed by atoms with van der Waals surface area (Å²) in [5, 5.41) is 32.9. The van der Waals surface area contributed by atoms with Crippen LogP contribution in [0, 0.1) is 0 Å². The van der Waals surface area contributed by atoms with Crippen LogP contribution in [0.4, 0.5) is 0 Å². The second-order valence-electron chi connectivity index (χ2n) is 1.98. The zero-order chi connectivity index (χ0) is 11.3. The molecule has 0 spiro atoms. The van der Waals surface area contributed by atoms with Crippen molar-refractivity contribution in [3.8, 4) is 0 Å². The Morgan fingerprint density at radius 2 is 1.00 bits per heavy atom. The van der Waals surface area contributed by atoms with Gasteiger partial charge in [0.05, 0.1) is 24.8 Å². The fourth-order valence-corrected chi connectivity index (χ4v) is 0.478. The molecule has 16 heavy (non-hydrogen) atoms. The molecule has 80 valence electrons. The van der Waals surface area contributed by atoms with Crippen LogP contribution in [0.25, 0.3) is 0 Å². The summed E-state index contributed by atoms with van der Waals surface area (Å²) < 4.78 is 0. The van der Waals surface area contributed by atoms with E-state index in [1.165, 1.54) is 24.8 Å². The summed E-state index contributed by atoms with van der Waals surface area (Å²) in [7, 11) is 0. The standard InChI is InChI=1S/2C3H3N5/c2*1-2-4-6-8-7-5-3-1/h2*1-3H. The van der Waals surface area contributed by atoms with Crippen molar-refractivity contribution in [2.45, 2.75) is 0 Å². The van der Waals surface area contributed by atoms with Crippen molar-refractivity contribution in [1.29, 1.82) is 0 Å². The lowest BCUT2D eigenvalue weighted by molar-refractivity contribution is 0.891. The van der Waals surface area contributed by atoms with Gasteiger partial charge in [0.1, 0.15) is 0 Å². The minimum atomic E-state index is 1.47. The van der Waals surface area contributed by atoms with Crippen LogP contribution < -0.4 is 0 Å². The van der Waals surface area contributed by atoms with Crippen molar-refractivity contribution in [3.63, 3.8) is 0 Å². The van der Waals surface area contributed by atoms with Crippen molar-refractivity contribution in [2.75, 3.05) is 0 Å². The molecule has 0 aromatic rings. The minimum Gasteiger partial charge on any atom is -0.137 e. The Labute approximate surface area is 89.6 Å². The van der Waals surface area contributed by atoms with E-state index in [2.05, 4.69) is 51.8 Å². The molecular formula is C6H6N10. The molecule has 0 fully saturated rings. The van der Waals surface area contributed by atoms with E-state index in [0.717, 1.165) is 0 Å². The van der Waals surface area contributed by atoms with Crippen LogP contribution in [-0.4, -0.2) is 12.4 Å². The monoisotopic (exact) mass is 218 g/mol. The van der Waals surface area contributed by atoms with Crippen molar-refractivity contribution < 1.29 is 0 Å². The maximum absolute atomic E-state index is 3.42. The summed E-state index contributed by atoms with van der Waals surface area (Å²) in [5.74, 6) is 0. The number of rotatable bonds is 0. The van der Waals surface area contributed by atoms with Crippen LogP contribution in [0.5, 0.6) is 0 Å². The van der Waals surface area contributed by atoms with Crippen LogP contribution in [0.3, 0.4) is 0 Å². The second-order valence-corrected chi connectivity index (χ2v) is 1.98. The highest BCUT2D eigenvalue weighted by Gasteiger charge is 1.69. The van der Waals surface area contributed by atoms with Crippen molar-refractivity contribution in [3.05, 3.63) is 24.6 Å². The zero-order valence-electron chi connectivity index (χ0n) is 7.94. The first kappa shape index (κ1) is 11.3. The Bertz CT molecular complexity index is 257. The first-order valence-electron chi connectivity index (χ1n) is 3.97. The highest BCUT2D eigenvalue weighted by Crippen LogP contribution is 1.86. The second kappa shape index (κ2) is 8.80. The third kappa shape index (κ3) is 6.71. The molecule has 0 aromatic carbocycles. The van der Waals surface area contributed by atoms with Gasteiger partial charge in [-0.2, -0.15) is 0 Å². The molecule has 10 nitrogen and oxygen atoms in total. The predicted molar refractivity (Wildman–Crippen MR) is 54.7 cm³/mol. The molecular weight excluding hydrogens is 212 g/mol. The highest BCUT2D eigenvalue weighted by molar-refractivity contribution is 5.70. The average molecular weight is 218 g/mol. The Morgan fingerprint density at radius 1 is 0.500 bits per heavy atom. The first-order chi connectivity index (χ1) is 8.00. The van der Waals surface area contributed by atoms with Crippen molar-refractivity contribution in [2.24, 2.45) is 51.8 Å². The van der Waals surface area contributed by atoms with Gasteiger partial charge in [0.15, 0.2) is 0 Å². The molecule has 10 heteroatoms. The molecule has 0 radical (unpaired) electrons. The summed E-state index contributed by atoms with van der Waals surface area (Å²) in [5.41, 5.74) is 0. The summed E-state index contributed by atoms with van der Waals surface area (Å²) in [4.78, 5) is 0. The van der Waals surface area contributed by atoms with E-state index in [4.69, 9.17) is 0 Å². The van der Waals surface area contributed by atoms with Gasteiger partial charge < -0.3 is 0 Å². The Hall–Kier alpha value is -2.78. The van der Waals surface area contributed by atoms with Gasteiger partial charge in [0, 0.05) is 0 Å². The van der Waals surface area contributed by atoms with Gasteiger partial charge >= 0.3 is 0 Å². The molecule has 0 aromatic heterocycles. The van der Waals surface area contributed by atoms with Crippen molar-refractivity contribution in [1.82, 2.24) is 0 Å². The third-order valence-electron chi connectivity index (χ3n) is 0.977. The van der Waals surface area contributed by atoms with Gasteiger partial charge in [0.25, 0.3) is 0 Å². The van der Waals surface area contributed by atoms with Gasteiger partial charge in [-0.05, 0) is 43.5 Å². The molecule has 0 N–H and O–H groups in total. The van der Waals surface area contributed by atoms with E-state index in [1.807, 2.05) is 0 Å². The van der Waals surface area contributed by atoms with E-state index in [0.29, 0.717) is 0 Å². The molecule has 2 aliphatic rings. The molecule has 0 bridgehead atoms. The molecule has 0 saturated carbocycles. The molecule has 2 heterocycles. The summed E-state index contributed by atoms with van der Waals surface area (Å²) in [6.07, 6.45) is 9.12. The molecule has 0 saturated heterocycles. The van der Waals surface area contributed by atoms with E-state index in [9.17, 15) is 0 Å². The number of allylic oxidation sites excluding steroid dienone is 2. The van der Waals surface area contributed by atoms with Crippen LogP contribution in [0.1, 0.15) is 0 Å². The quantitative estimate of drug-likeness (QED) is 0.592. The number of nitrogens with zero attached hydrogens (tertiary/aromatic N) is 10. The normalized spacial score (nSPS) is 16.0. The zero-order valence-corrected chi connectivity index (χ0v) is 7.94. The van der Waals surface area contributed by atoms with Crippen LogP contribution in [0.15, 0.2) is 76.3 Å². The van der Waals surface area contributed by atoms with Gasteiger partial charge in [0.2, 0.25) is 0 Å². The summed E-state index contributed by atoms with van der Waals surface area (Å²) in [6.45, 7) is 0. The molecule has 0 amide bonds. The molecule has 0 atom stereocenters. The van der Waals surface area contributed by atoms with Crippen LogP contribution in [0.2, 0.25) is 0 Å². The smallest absolute Gasteiger partial charge is 0.0530 e. The van der Waals surface area contributed by atoms with Crippen molar-refractivity contribution >= 4 is 12.4 Å². The van der Waals surface area contributed by atoms with Gasteiger partial charge in [-0.3, -0.25) is 0 Å².